The van der Waals surface area contributed by atoms with E-state index in [-0.39, 0.29) is 12.1 Å². The summed E-state index contributed by atoms with van der Waals surface area (Å²) in [6, 6.07) is 0. The van der Waals surface area contributed by atoms with Crippen LogP contribution in [-0.2, 0) is 9.53 Å². The maximum absolute atomic E-state index is 12.3. The van der Waals surface area contributed by atoms with Gasteiger partial charge in [0.05, 0.1) is 0 Å². The van der Waals surface area contributed by atoms with Crippen LogP contribution in [0.1, 0.15) is 53.4 Å². The minimum Gasteiger partial charge on any atom is -0.462 e. The van der Waals surface area contributed by atoms with Crippen molar-refractivity contribution in [2.24, 2.45) is 23.2 Å². The Balaban J connectivity index is 2.02. The molecule has 2 aliphatic carbocycles. The fourth-order valence-electron chi connectivity index (χ4n) is 3.14. The van der Waals surface area contributed by atoms with E-state index < -0.39 is 9.75 Å². The van der Waals surface area contributed by atoms with Crippen LogP contribution in [0.25, 0.3) is 0 Å². The number of ether oxygens (including phenoxy) is 1. The molecule has 2 rings (SSSR count). The molecule has 0 aromatic heterocycles. The number of rotatable bonds is 3. The molecule has 0 radical (unpaired) electrons. The standard InChI is InChI=1S/C15H24Cl2O2/c1-9(2)11-6-5-10(3)7-12(11)19-13(18)14(4)8-15(14,16)17/h9-12H,5-8H2,1-4H3/t10-,11+,12-,14+/m1/s1. The van der Waals surface area contributed by atoms with Gasteiger partial charge in [-0.15, -0.1) is 23.2 Å². The number of alkyl halides is 2. The molecule has 4 atom stereocenters. The van der Waals surface area contributed by atoms with E-state index in [1.54, 1.807) is 6.92 Å². The van der Waals surface area contributed by atoms with Gasteiger partial charge in [-0.3, -0.25) is 4.79 Å². The van der Waals surface area contributed by atoms with E-state index in [0.717, 1.165) is 12.8 Å². The Kier molecular flexibility index (Phi) is 4.15. The Hall–Kier alpha value is 0.0500. The van der Waals surface area contributed by atoms with Gasteiger partial charge in [0.15, 0.2) is 0 Å². The molecule has 4 heteroatoms. The summed E-state index contributed by atoms with van der Waals surface area (Å²) in [4.78, 5) is 12.3. The van der Waals surface area contributed by atoms with Gasteiger partial charge < -0.3 is 4.74 Å². The van der Waals surface area contributed by atoms with Gasteiger partial charge in [-0.25, -0.2) is 0 Å². The molecule has 0 heterocycles. The molecule has 2 saturated carbocycles. The molecule has 0 spiro atoms. The Morgan fingerprint density at radius 2 is 1.89 bits per heavy atom. The molecule has 2 nitrogen and oxygen atoms in total. The minimum atomic E-state index is -0.933. The summed E-state index contributed by atoms with van der Waals surface area (Å²) in [7, 11) is 0. The quantitative estimate of drug-likeness (QED) is 0.564. The summed E-state index contributed by atoms with van der Waals surface area (Å²) in [5, 5.41) is 0. The zero-order valence-electron chi connectivity index (χ0n) is 12.2. The predicted molar refractivity (Wildman–Crippen MR) is 78.4 cm³/mol. The van der Waals surface area contributed by atoms with Crippen molar-refractivity contribution in [2.45, 2.75) is 63.8 Å². The molecule has 19 heavy (non-hydrogen) atoms. The fraction of sp³-hybridized carbons (Fsp3) is 0.933. The van der Waals surface area contributed by atoms with E-state index in [2.05, 4.69) is 20.8 Å². The third kappa shape index (κ3) is 2.90. The average Bonchev–Trinajstić information content (AvgIpc) is 2.79. The predicted octanol–water partition coefficient (Wildman–Crippen LogP) is 4.57. The van der Waals surface area contributed by atoms with Gasteiger partial charge in [-0.2, -0.15) is 0 Å². The van der Waals surface area contributed by atoms with Gasteiger partial charge in [-0.05, 0) is 37.5 Å². The van der Waals surface area contributed by atoms with Gasteiger partial charge in [0.25, 0.3) is 0 Å². The molecule has 0 unspecified atom stereocenters. The van der Waals surface area contributed by atoms with Crippen molar-refractivity contribution in [3.8, 4) is 0 Å². The summed E-state index contributed by atoms with van der Waals surface area (Å²) in [5.74, 6) is 1.40. The van der Waals surface area contributed by atoms with Gasteiger partial charge >= 0.3 is 5.97 Å². The highest BCUT2D eigenvalue weighted by molar-refractivity contribution is 6.53. The first-order chi connectivity index (χ1) is 8.67. The van der Waals surface area contributed by atoms with E-state index in [1.807, 2.05) is 0 Å². The SMILES string of the molecule is CC(C)[C@@H]1CC[C@@H](C)C[C@H]1OC(=O)[C@]1(C)CC1(Cl)Cl. The van der Waals surface area contributed by atoms with E-state index in [4.69, 9.17) is 27.9 Å². The largest absolute Gasteiger partial charge is 0.462 e. The summed E-state index contributed by atoms with van der Waals surface area (Å²) in [6.07, 6.45) is 3.85. The molecule has 110 valence electrons. The van der Waals surface area contributed by atoms with Gasteiger partial charge in [0, 0.05) is 6.42 Å². The molecule has 0 saturated heterocycles. The number of halogens is 2. The Labute approximate surface area is 126 Å². The van der Waals surface area contributed by atoms with Crippen LogP contribution in [0.15, 0.2) is 0 Å². The van der Waals surface area contributed by atoms with Gasteiger partial charge in [0.1, 0.15) is 15.9 Å². The first-order valence-corrected chi connectivity index (χ1v) is 8.02. The molecular formula is C15H24Cl2O2. The Bertz CT molecular complexity index is 367. The maximum atomic E-state index is 12.3. The van der Waals surface area contributed by atoms with Crippen LogP contribution in [0.2, 0.25) is 0 Å². The number of carbonyl (C=O) groups excluding carboxylic acids is 1. The third-order valence-electron chi connectivity index (χ3n) is 4.93. The van der Waals surface area contributed by atoms with Crippen LogP contribution in [0.3, 0.4) is 0 Å². The number of esters is 1. The van der Waals surface area contributed by atoms with Crippen molar-refractivity contribution in [2.75, 3.05) is 0 Å². The summed E-state index contributed by atoms with van der Waals surface area (Å²) in [5.41, 5.74) is -0.710. The van der Waals surface area contributed by atoms with E-state index in [1.165, 1.54) is 6.42 Å². The average molecular weight is 307 g/mol. The van der Waals surface area contributed by atoms with Crippen LogP contribution in [-0.4, -0.2) is 16.4 Å². The molecular weight excluding hydrogens is 283 g/mol. The van der Waals surface area contributed by atoms with Crippen molar-refractivity contribution in [1.82, 2.24) is 0 Å². The summed E-state index contributed by atoms with van der Waals surface area (Å²) < 4.78 is 4.86. The molecule has 0 aliphatic heterocycles. The van der Waals surface area contributed by atoms with Crippen molar-refractivity contribution in [1.29, 1.82) is 0 Å². The van der Waals surface area contributed by atoms with Crippen LogP contribution in [0, 0.1) is 23.2 Å². The van der Waals surface area contributed by atoms with E-state index in [0.29, 0.717) is 24.2 Å². The van der Waals surface area contributed by atoms with Gasteiger partial charge in [-0.1, -0.05) is 27.2 Å². The fourth-order valence-corrected chi connectivity index (χ4v) is 3.83. The maximum Gasteiger partial charge on any atom is 0.315 e. The zero-order chi connectivity index (χ0) is 14.4. The van der Waals surface area contributed by atoms with E-state index in [9.17, 15) is 4.79 Å². The lowest BCUT2D eigenvalue weighted by Crippen LogP contribution is -2.38. The number of hydrogen-bond acceptors (Lipinski definition) is 2. The Morgan fingerprint density at radius 1 is 1.32 bits per heavy atom. The number of hydrogen-bond donors (Lipinski definition) is 0. The third-order valence-corrected chi connectivity index (χ3v) is 6.03. The van der Waals surface area contributed by atoms with Crippen LogP contribution < -0.4 is 0 Å². The lowest BCUT2D eigenvalue weighted by molar-refractivity contribution is -0.162. The normalized spacial score (nSPS) is 41.1. The van der Waals surface area contributed by atoms with Crippen molar-refractivity contribution < 1.29 is 9.53 Å². The highest BCUT2D eigenvalue weighted by Crippen LogP contribution is 2.64. The van der Waals surface area contributed by atoms with Crippen molar-refractivity contribution >= 4 is 29.2 Å². The molecule has 0 amide bonds. The first kappa shape index (κ1) is 15.4. The molecule has 0 aromatic carbocycles. The van der Waals surface area contributed by atoms with Crippen LogP contribution in [0.5, 0.6) is 0 Å². The molecule has 0 aromatic rings. The van der Waals surface area contributed by atoms with Crippen molar-refractivity contribution in [3.63, 3.8) is 0 Å². The van der Waals surface area contributed by atoms with Crippen LogP contribution >= 0.6 is 23.2 Å². The zero-order valence-corrected chi connectivity index (χ0v) is 13.7. The molecule has 2 aliphatic rings. The second-order valence-electron chi connectivity index (χ2n) is 6.98. The lowest BCUT2D eigenvalue weighted by atomic mass is 9.75. The highest BCUT2D eigenvalue weighted by atomic mass is 35.5. The highest BCUT2D eigenvalue weighted by Gasteiger charge is 2.69. The lowest BCUT2D eigenvalue weighted by Gasteiger charge is -2.37. The first-order valence-electron chi connectivity index (χ1n) is 7.26. The smallest absolute Gasteiger partial charge is 0.315 e. The molecule has 0 bridgehead atoms. The monoisotopic (exact) mass is 306 g/mol. The minimum absolute atomic E-state index is 0.0257. The van der Waals surface area contributed by atoms with Crippen molar-refractivity contribution in [3.05, 3.63) is 0 Å². The number of carbonyl (C=O) groups is 1. The topological polar surface area (TPSA) is 26.3 Å². The summed E-state index contributed by atoms with van der Waals surface area (Å²) in [6.45, 7) is 8.43. The van der Waals surface area contributed by atoms with E-state index >= 15 is 0 Å². The second kappa shape index (κ2) is 5.11. The van der Waals surface area contributed by atoms with Crippen LogP contribution in [0.4, 0.5) is 0 Å². The molecule has 2 fully saturated rings. The van der Waals surface area contributed by atoms with Gasteiger partial charge in [0.2, 0.25) is 0 Å². The molecule has 0 N–H and O–H groups in total. The summed E-state index contributed by atoms with van der Waals surface area (Å²) >= 11 is 12.1. The second-order valence-corrected chi connectivity index (χ2v) is 8.47. The Morgan fingerprint density at radius 3 is 2.37 bits per heavy atom.